The molecule has 1 fully saturated rings. The summed E-state index contributed by atoms with van der Waals surface area (Å²) >= 11 is 0. The number of ether oxygens (including phenoxy) is 1. The molecule has 4 N–H and O–H groups in total. The Balaban J connectivity index is 2.69. The van der Waals surface area contributed by atoms with Gasteiger partial charge < -0.3 is 30.3 Å². The van der Waals surface area contributed by atoms with Crippen molar-refractivity contribution in [1.29, 1.82) is 0 Å². The fourth-order valence-corrected chi connectivity index (χ4v) is 5.65. The lowest BCUT2D eigenvalue weighted by atomic mass is 9.94. The highest BCUT2D eigenvalue weighted by molar-refractivity contribution is 5.77. The van der Waals surface area contributed by atoms with Crippen LogP contribution in [0.25, 0.3) is 0 Å². The largest absolute Gasteiger partial charge is 0.394 e. The molecule has 8 heteroatoms. The van der Waals surface area contributed by atoms with Gasteiger partial charge in [0.1, 0.15) is 24.4 Å². The molecular weight excluding hydrogens is 508 g/mol. The molecule has 0 aromatic heterocycles. The minimum atomic E-state index is -1.36. The molecule has 8 nitrogen and oxygen atoms in total. The molecule has 0 bridgehead atoms. The second-order valence-corrected chi connectivity index (χ2v) is 11.8. The fraction of sp³-hybridized carbons (Fsp3) is 0.938. The van der Waals surface area contributed by atoms with E-state index < -0.39 is 37.2 Å². The van der Waals surface area contributed by atoms with E-state index in [9.17, 15) is 24.9 Å². The topological polar surface area (TPSA) is 119 Å². The van der Waals surface area contributed by atoms with E-state index in [2.05, 4.69) is 19.2 Å². The summed E-state index contributed by atoms with van der Waals surface area (Å²) in [6.45, 7) is 5.76. The van der Waals surface area contributed by atoms with Gasteiger partial charge in [-0.1, -0.05) is 123 Å². The van der Waals surface area contributed by atoms with Crippen molar-refractivity contribution in [2.75, 3.05) is 13.2 Å². The van der Waals surface area contributed by atoms with Crippen LogP contribution in [0.15, 0.2) is 0 Å². The van der Waals surface area contributed by atoms with E-state index in [0.29, 0.717) is 13.0 Å². The van der Waals surface area contributed by atoms with Gasteiger partial charge in [-0.15, -0.1) is 0 Å². The SMILES string of the molecule is CCCCCCCCCCCCN(C(=O)CCCCCCCCCCC)C1O[C@H](CO)[C@@H](O)[C@H](O)[C@H]1NC(C)=O. The molecule has 1 saturated heterocycles. The number of unbranched alkanes of at least 4 members (excludes halogenated alkanes) is 17. The first-order chi connectivity index (χ1) is 19.4. The molecule has 0 aliphatic carbocycles. The number of carbonyl (C=O) groups is 2. The Morgan fingerprint density at radius 2 is 1.15 bits per heavy atom. The molecule has 5 atom stereocenters. The highest BCUT2D eigenvalue weighted by Gasteiger charge is 2.47. The van der Waals surface area contributed by atoms with Crippen LogP contribution in [0.5, 0.6) is 0 Å². The quantitative estimate of drug-likeness (QED) is 0.112. The van der Waals surface area contributed by atoms with Gasteiger partial charge in [-0.2, -0.15) is 0 Å². The van der Waals surface area contributed by atoms with Crippen LogP contribution < -0.4 is 5.32 Å². The number of nitrogens with one attached hydrogen (secondary N) is 1. The van der Waals surface area contributed by atoms with Crippen molar-refractivity contribution in [3.05, 3.63) is 0 Å². The molecule has 0 spiro atoms. The van der Waals surface area contributed by atoms with Crippen molar-refractivity contribution in [2.24, 2.45) is 0 Å². The molecule has 2 amide bonds. The average molecular weight is 571 g/mol. The average Bonchev–Trinajstić information content (AvgIpc) is 2.93. The number of hydrogen-bond donors (Lipinski definition) is 4. The number of nitrogens with zero attached hydrogens (tertiary/aromatic N) is 1. The highest BCUT2D eigenvalue weighted by atomic mass is 16.5. The number of amides is 2. The van der Waals surface area contributed by atoms with Gasteiger partial charge in [0.15, 0.2) is 6.23 Å². The van der Waals surface area contributed by atoms with Crippen LogP contribution in [0.3, 0.4) is 0 Å². The van der Waals surface area contributed by atoms with E-state index in [1.807, 2.05) is 0 Å². The third-order valence-electron chi connectivity index (χ3n) is 8.14. The van der Waals surface area contributed by atoms with E-state index in [-0.39, 0.29) is 11.8 Å². The van der Waals surface area contributed by atoms with Gasteiger partial charge in [0.2, 0.25) is 11.8 Å². The van der Waals surface area contributed by atoms with Crippen LogP contribution in [0, 0.1) is 0 Å². The van der Waals surface area contributed by atoms with Crippen molar-refractivity contribution in [2.45, 2.75) is 180 Å². The first kappa shape index (κ1) is 36.8. The Kier molecular flexibility index (Phi) is 21.5. The van der Waals surface area contributed by atoms with E-state index in [4.69, 9.17) is 4.74 Å². The van der Waals surface area contributed by atoms with E-state index in [1.165, 1.54) is 90.4 Å². The maximum Gasteiger partial charge on any atom is 0.224 e. The number of hydrogen-bond acceptors (Lipinski definition) is 6. The van der Waals surface area contributed by atoms with Crippen molar-refractivity contribution in [3.8, 4) is 0 Å². The van der Waals surface area contributed by atoms with Crippen LogP contribution in [0.4, 0.5) is 0 Å². The summed E-state index contributed by atoms with van der Waals surface area (Å²) in [6, 6.07) is -0.967. The predicted octanol–water partition coefficient (Wildman–Crippen LogP) is 5.60. The van der Waals surface area contributed by atoms with Crippen LogP contribution >= 0.6 is 0 Å². The van der Waals surface area contributed by atoms with Crippen LogP contribution in [0.1, 0.15) is 149 Å². The summed E-state index contributed by atoms with van der Waals surface area (Å²) in [5, 5.41) is 33.7. The van der Waals surface area contributed by atoms with Crippen LogP contribution in [-0.4, -0.2) is 75.8 Å². The predicted molar refractivity (Wildman–Crippen MR) is 161 cm³/mol. The standard InChI is InChI=1S/C32H62N2O6/c1-4-6-8-10-12-14-16-18-20-22-24-34(28(37)23-21-19-17-15-13-11-9-7-5-2)32-29(33-26(3)36)31(39)30(38)27(25-35)40-32/h27,29-32,35,38-39H,4-25H2,1-3H3,(H,33,36)/t27-,29-,30-,31-,32?/m1/s1. The summed E-state index contributed by atoms with van der Waals surface area (Å²) in [6.07, 6.45) is 18.0. The van der Waals surface area contributed by atoms with Gasteiger partial charge in [0.25, 0.3) is 0 Å². The zero-order valence-corrected chi connectivity index (χ0v) is 26.0. The Morgan fingerprint density at radius 1 is 0.700 bits per heavy atom. The molecule has 0 aromatic rings. The lowest BCUT2D eigenvalue weighted by molar-refractivity contribution is -0.231. The van der Waals surface area contributed by atoms with Crippen LogP contribution in [0.2, 0.25) is 0 Å². The van der Waals surface area contributed by atoms with Gasteiger partial charge in [-0.25, -0.2) is 0 Å². The number of aliphatic hydroxyl groups excluding tert-OH is 3. The van der Waals surface area contributed by atoms with Crippen molar-refractivity contribution in [1.82, 2.24) is 10.2 Å². The van der Waals surface area contributed by atoms with Gasteiger partial charge in [0.05, 0.1) is 6.61 Å². The molecule has 0 saturated carbocycles. The van der Waals surface area contributed by atoms with Gasteiger partial charge in [-0.05, 0) is 12.8 Å². The first-order valence-corrected chi connectivity index (χ1v) is 16.6. The van der Waals surface area contributed by atoms with Crippen LogP contribution in [-0.2, 0) is 14.3 Å². The van der Waals surface area contributed by atoms with Crippen molar-refractivity contribution < 1.29 is 29.6 Å². The molecule has 0 aromatic carbocycles. The number of carbonyl (C=O) groups excluding carboxylic acids is 2. The molecule has 1 rings (SSSR count). The van der Waals surface area contributed by atoms with E-state index in [1.54, 1.807) is 4.90 Å². The van der Waals surface area contributed by atoms with Crippen molar-refractivity contribution >= 4 is 11.8 Å². The van der Waals surface area contributed by atoms with E-state index in [0.717, 1.165) is 38.5 Å². The smallest absolute Gasteiger partial charge is 0.224 e. The lowest BCUT2D eigenvalue weighted by Gasteiger charge is -2.46. The number of aliphatic hydroxyl groups is 3. The lowest BCUT2D eigenvalue weighted by Crippen LogP contribution is -2.68. The molecule has 1 aliphatic heterocycles. The summed E-state index contributed by atoms with van der Waals surface area (Å²) in [7, 11) is 0. The second kappa shape index (κ2) is 23.4. The molecular formula is C32H62N2O6. The Labute approximate surface area is 244 Å². The van der Waals surface area contributed by atoms with Crippen molar-refractivity contribution in [3.63, 3.8) is 0 Å². The Hall–Kier alpha value is -1.22. The summed E-state index contributed by atoms with van der Waals surface area (Å²) in [5.41, 5.74) is 0. The third kappa shape index (κ3) is 15.1. The van der Waals surface area contributed by atoms with Gasteiger partial charge >= 0.3 is 0 Å². The summed E-state index contributed by atoms with van der Waals surface area (Å²) in [5.74, 6) is -0.447. The molecule has 236 valence electrons. The molecule has 1 heterocycles. The van der Waals surface area contributed by atoms with E-state index >= 15 is 0 Å². The molecule has 1 unspecified atom stereocenters. The van der Waals surface area contributed by atoms with Gasteiger partial charge in [0, 0.05) is 19.9 Å². The molecule has 40 heavy (non-hydrogen) atoms. The highest BCUT2D eigenvalue weighted by Crippen LogP contribution is 2.26. The molecule has 0 radical (unpaired) electrons. The third-order valence-corrected chi connectivity index (χ3v) is 8.14. The second-order valence-electron chi connectivity index (χ2n) is 11.8. The Morgan fingerprint density at radius 3 is 1.60 bits per heavy atom. The zero-order chi connectivity index (χ0) is 29.6. The Bertz CT molecular complexity index is 649. The fourth-order valence-electron chi connectivity index (χ4n) is 5.65. The minimum Gasteiger partial charge on any atom is -0.394 e. The molecule has 1 aliphatic rings. The summed E-state index contributed by atoms with van der Waals surface area (Å²) < 4.78 is 5.98. The van der Waals surface area contributed by atoms with Gasteiger partial charge in [-0.3, -0.25) is 9.59 Å². The monoisotopic (exact) mass is 570 g/mol. The zero-order valence-electron chi connectivity index (χ0n) is 26.0. The summed E-state index contributed by atoms with van der Waals surface area (Å²) in [4.78, 5) is 27.1. The number of rotatable bonds is 24. The maximum absolute atomic E-state index is 13.5. The normalized spacial score (nSPS) is 22.8. The maximum atomic E-state index is 13.5. The minimum absolute atomic E-state index is 0.0699. The first-order valence-electron chi connectivity index (χ1n) is 16.6.